The molecular weight excluding hydrogens is 256 g/mol. The Bertz CT molecular complexity index is 460. The number of carbonyl (C=O) groups excluding carboxylic acids is 2. The van der Waals surface area contributed by atoms with Crippen molar-refractivity contribution >= 4 is 11.7 Å². The molecule has 0 heterocycles. The molecule has 5 nitrogen and oxygen atoms in total. The summed E-state index contributed by atoms with van der Waals surface area (Å²) >= 11 is 0. The smallest absolute Gasteiger partial charge is 0.233 e. The van der Waals surface area contributed by atoms with E-state index in [1.807, 2.05) is 24.0 Å². The van der Waals surface area contributed by atoms with Crippen molar-refractivity contribution in [3.05, 3.63) is 29.8 Å². The van der Waals surface area contributed by atoms with Crippen LogP contribution in [0.2, 0.25) is 0 Å². The molecule has 0 aliphatic rings. The highest BCUT2D eigenvalue weighted by molar-refractivity contribution is 5.96. The Morgan fingerprint density at radius 3 is 2.60 bits per heavy atom. The van der Waals surface area contributed by atoms with Crippen LogP contribution in [0.4, 0.5) is 0 Å². The molecule has 0 bridgehead atoms. The van der Waals surface area contributed by atoms with E-state index in [0.29, 0.717) is 31.0 Å². The van der Waals surface area contributed by atoms with Crippen molar-refractivity contribution in [2.45, 2.75) is 13.8 Å². The van der Waals surface area contributed by atoms with E-state index in [9.17, 15) is 9.59 Å². The summed E-state index contributed by atoms with van der Waals surface area (Å²) in [5.74, 6) is 0.560. The molecule has 0 aliphatic carbocycles. The van der Waals surface area contributed by atoms with Gasteiger partial charge in [-0.2, -0.15) is 0 Å². The molecule has 1 amide bonds. The van der Waals surface area contributed by atoms with Gasteiger partial charge in [0.1, 0.15) is 12.4 Å². The summed E-state index contributed by atoms with van der Waals surface area (Å²) < 4.78 is 5.65. The molecule has 1 aromatic carbocycles. The molecular formula is C15H22N2O3. The molecule has 0 saturated heterocycles. The van der Waals surface area contributed by atoms with Crippen LogP contribution in [0.15, 0.2) is 24.3 Å². The summed E-state index contributed by atoms with van der Waals surface area (Å²) in [4.78, 5) is 24.8. The minimum atomic E-state index is -0.0176. The van der Waals surface area contributed by atoms with Gasteiger partial charge >= 0.3 is 0 Å². The zero-order valence-electron chi connectivity index (χ0n) is 12.3. The second-order valence-corrected chi connectivity index (χ2v) is 4.44. The highest BCUT2D eigenvalue weighted by atomic mass is 16.5. The predicted octanol–water partition coefficient (Wildman–Crippen LogP) is 1.34. The van der Waals surface area contributed by atoms with E-state index >= 15 is 0 Å². The quantitative estimate of drug-likeness (QED) is 0.729. The minimum Gasteiger partial charge on any atom is -0.491 e. The molecule has 20 heavy (non-hydrogen) atoms. The normalized spacial score (nSPS) is 10.4. The second kappa shape index (κ2) is 8.32. The summed E-state index contributed by atoms with van der Waals surface area (Å²) in [6.45, 7) is 5.71. The molecule has 0 atom stereocenters. The monoisotopic (exact) mass is 278 g/mol. The summed E-state index contributed by atoms with van der Waals surface area (Å²) in [6, 6.07) is 7.18. The molecule has 110 valence electrons. The Kier molecular flexibility index (Phi) is 6.73. The van der Waals surface area contributed by atoms with Gasteiger partial charge < -0.3 is 10.1 Å². The third kappa shape index (κ3) is 5.01. The Hall–Kier alpha value is -1.88. The van der Waals surface area contributed by atoms with Gasteiger partial charge in [-0.1, -0.05) is 19.1 Å². The summed E-state index contributed by atoms with van der Waals surface area (Å²) in [7, 11) is 1.62. The van der Waals surface area contributed by atoms with E-state index in [4.69, 9.17) is 4.74 Å². The van der Waals surface area contributed by atoms with Crippen molar-refractivity contribution in [1.29, 1.82) is 0 Å². The summed E-state index contributed by atoms with van der Waals surface area (Å²) in [5.41, 5.74) is 0.585. The molecule has 1 aromatic rings. The SMILES string of the molecule is CCN(CCOc1ccccc1C(C)=O)CC(=O)NC. The summed E-state index contributed by atoms with van der Waals surface area (Å²) in [5, 5.41) is 2.60. The first-order chi connectivity index (χ1) is 9.58. The molecule has 0 aliphatic heterocycles. The lowest BCUT2D eigenvalue weighted by Gasteiger charge is -2.19. The number of para-hydroxylation sites is 1. The van der Waals surface area contributed by atoms with Gasteiger partial charge in [0.05, 0.1) is 12.1 Å². The highest BCUT2D eigenvalue weighted by Gasteiger charge is 2.10. The van der Waals surface area contributed by atoms with Gasteiger partial charge in [-0.05, 0) is 25.6 Å². The van der Waals surface area contributed by atoms with E-state index in [1.54, 1.807) is 19.2 Å². The van der Waals surface area contributed by atoms with Crippen molar-refractivity contribution in [2.24, 2.45) is 0 Å². The molecule has 0 saturated carbocycles. The average Bonchev–Trinajstić information content (AvgIpc) is 2.46. The molecule has 1 N–H and O–H groups in total. The van der Waals surface area contributed by atoms with Crippen LogP contribution < -0.4 is 10.1 Å². The van der Waals surface area contributed by atoms with Gasteiger partial charge in [0, 0.05) is 13.6 Å². The minimum absolute atomic E-state index is 0.0155. The lowest BCUT2D eigenvalue weighted by Crippen LogP contribution is -2.37. The Morgan fingerprint density at radius 2 is 2.00 bits per heavy atom. The first kappa shape index (κ1) is 16.2. The number of nitrogens with zero attached hydrogens (tertiary/aromatic N) is 1. The number of carbonyl (C=O) groups is 2. The molecule has 0 aromatic heterocycles. The maximum atomic E-state index is 11.5. The molecule has 0 fully saturated rings. The first-order valence-electron chi connectivity index (χ1n) is 6.74. The molecule has 0 spiro atoms. The highest BCUT2D eigenvalue weighted by Crippen LogP contribution is 2.18. The third-order valence-corrected chi connectivity index (χ3v) is 3.02. The summed E-state index contributed by atoms with van der Waals surface area (Å²) in [6.07, 6.45) is 0. The topological polar surface area (TPSA) is 58.6 Å². The average molecular weight is 278 g/mol. The standard InChI is InChI=1S/C15H22N2O3/c1-4-17(11-15(19)16-3)9-10-20-14-8-6-5-7-13(14)12(2)18/h5-8H,4,9-11H2,1-3H3,(H,16,19). The van der Waals surface area contributed by atoms with Crippen LogP contribution in [0.1, 0.15) is 24.2 Å². The van der Waals surface area contributed by atoms with Gasteiger partial charge in [-0.3, -0.25) is 14.5 Å². The van der Waals surface area contributed by atoms with Gasteiger partial charge in [0.2, 0.25) is 5.91 Å². The largest absolute Gasteiger partial charge is 0.491 e. The van der Waals surface area contributed by atoms with Crippen LogP contribution in [0.25, 0.3) is 0 Å². The van der Waals surface area contributed by atoms with Gasteiger partial charge in [0.15, 0.2) is 5.78 Å². The number of nitrogens with one attached hydrogen (secondary N) is 1. The second-order valence-electron chi connectivity index (χ2n) is 4.44. The fourth-order valence-electron chi connectivity index (χ4n) is 1.80. The van der Waals surface area contributed by atoms with Crippen molar-refractivity contribution in [3.63, 3.8) is 0 Å². The zero-order valence-corrected chi connectivity index (χ0v) is 12.3. The third-order valence-electron chi connectivity index (χ3n) is 3.02. The first-order valence-corrected chi connectivity index (χ1v) is 6.74. The lowest BCUT2D eigenvalue weighted by molar-refractivity contribution is -0.121. The molecule has 1 rings (SSSR count). The Morgan fingerprint density at radius 1 is 1.30 bits per heavy atom. The number of Topliss-reactive ketones (excluding diaryl/α,β-unsaturated/α-hetero) is 1. The van der Waals surface area contributed by atoms with Crippen molar-refractivity contribution in [1.82, 2.24) is 10.2 Å². The van der Waals surface area contributed by atoms with E-state index < -0.39 is 0 Å². The zero-order chi connectivity index (χ0) is 15.0. The van der Waals surface area contributed by atoms with Gasteiger partial charge in [-0.15, -0.1) is 0 Å². The molecule has 0 radical (unpaired) electrons. The number of benzene rings is 1. The predicted molar refractivity (Wildman–Crippen MR) is 78.1 cm³/mol. The fourth-order valence-corrected chi connectivity index (χ4v) is 1.80. The van der Waals surface area contributed by atoms with Crippen LogP contribution >= 0.6 is 0 Å². The number of ether oxygens (including phenoxy) is 1. The van der Waals surface area contributed by atoms with Crippen LogP contribution in [0, 0.1) is 0 Å². The van der Waals surface area contributed by atoms with Crippen molar-refractivity contribution in [3.8, 4) is 5.75 Å². The van der Waals surface area contributed by atoms with Crippen LogP contribution in [-0.4, -0.2) is 49.9 Å². The van der Waals surface area contributed by atoms with E-state index in [-0.39, 0.29) is 11.7 Å². The van der Waals surface area contributed by atoms with Crippen molar-refractivity contribution in [2.75, 3.05) is 33.3 Å². The fraction of sp³-hybridized carbons (Fsp3) is 0.467. The lowest BCUT2D eigenvalue weighted by atomic mass is 10.1. The van der Waals surface area contributed by atoms with Crippen LogP contribution in [-0.2, 0) is 4.79 Å². The van der Waals surface area contributed by atoms with Gasteiger partial charge in [-0.25, -0.2) is 0 Å². The Balaban J connectivity index is 2.51. The number of ketones is 1. The number of hydrogen-bond donors (Lipinski definition) is 1. The number of hydrogen-bond acceptors (Lipinski definition) is 4. The van der Waals surface area contributed by atoms with Crippen LogP contribution in [0.5, 0.6) is 5.75 Å². The molecule has 0 unspecified atom stereocenters. The number of likely N-dealkylation sites (N-methyl/N-ethyl adjacent to an activating group) is 2. The van der Waals surface area contributed by atoms with E-state index in [0.717, 1.165) is 6.54 Å². The van der Waals surface area contributed by atoms with Crippen LogP contribution in [0.3, 0.4) is 0 Å². The maximum Gasteiger partial charge on any atom is 0.233 e. The van der Waals surface area contributed by atoms with Crippen molar-refractivity contribution < 1.29 is 14.3 Å². The maximum absolute atomic E-state index is 11.5. The van der Waals surface area contributed by atoms with E-state index in [1.165, 1.54) is 6.92 Å². The molecule has 5 heteroatoms. The Labute approximate surface area is 119 Å². The number of amides is 1. The number of rotatable bonds is 8. The van der Waals surface area contributed by atoms with E-state index in [2.05, 4.69) is 5.32 Å². The van der Waals surface area contributed by atoms with Gasteiger partial charge in [0.25, 0.3) is 0 Å².